The SMILES string of the molecule is NC(=O)OC[C@@H]1[C@@H](C(=O)N(O)OCc2ccccc2)C(=O)N1S(=O)(=O)O. The highest BCUT2D eigenvalue weighted by Crippen LogP contribution is 2.31. The Bertz CT molecular complexity index is 798. The van der Waals surface area contributed by atoms with Gasteiger partial charge in [0.1, 0.15) is 25.2 Å². The van der Waals surface area contributed by atoms with E-state index in [-0.39, 0.29) is 16.1 Å². The van der Waals surface area contributed by atoms with Crippen LogP contribution in [0.15, 0.2) is 30.3 Å². The molecule has 0 bridgehead atoms. The largest absolute Gasteiger partial charge is 0.447 e. The summed E-state index contributed by atoms with van der Waals surface area (Å²) < 4.78 is 35.7. The van der Waals surface area contributed by atoms with Crippen LogP contribution in [0.25, 0.3) is 0 Å². The molecular weight excluding hydrogens is 374 g/mol. The number of hydrogen-bond donors (Lipinski definition) is 3. The van der Waals surface area contributed by atoms with Crippen LogP contribution in [0.3, 0.4) is 0 Å². The predicted octanol–water partition coefficient (Wildman–Crippen LogP) is -0.939. The molecule has 12 nitrogen and oxygen atoms in total. The first-order valence-electron chi connectivity index (χ1n) is 7.05. The van der Waals surface area contributed by atoms with E-state index >= 15 is 0 Å². The number of carbonyl (C=O) groups is 3. The molecule has 1 saturated heterocycles. The van der Waals surface area contributed by atoms with Crippen molar-refractivity contribution in [3.05, 3.63) is 35.9 Å². The summed E-state index contributed by atoms with van der Waals surface area (Å²) in [6.45, 7) is -1.00. The second-order valence-electron chi connectivity index (χ2n) is 5.16. The Morgan fingerprint density at radius 1 is 1.27 bits per heavy atom. The fraction of sp³-hybridized carbons (Fsp3) is 0.308. The number of hydroxylamine groups is 2. The molecule has 0 unspecified atom stereocenters. The molecule has 1 aromatic rings. The Morgan fingerprint density at radius 2 is 1.88 bits per heavy atom. The number of nitrogens with zero attached hydrogens (tertiary/aromatic N) is 2. The zero-order chi connectivity index (χ0) is 19.5. The maximum atomic E-state index is 12.1. The molecule has 3 amide bonds. The van der Waals surface area contributed by atoms with E-state index in [0.717, 1.165) is 0 Å². The van der Waals surface area contributed by atoms with E-state index in [1.54, 1.807) is 30.3 Å². The van der Waals surface area contributed by atoms with Gasteiger partial charge in [0.15, 0.2) is 0 Å². The van der Waals surface area contributed by atoms with Gasteiger partial charge >= 0.3 is 16.4 Å². The molecule has 0 radical (unpaired) electrons. The molecule has 1 aromatic carbocycles. The number of ether oxygens (including phenoxy) is 1. The van der Waals surface area contributed by atoms with E-state index in [1.165, 1.54) is 0 Å². The summed E-state index contributed by atoms with van der Waals surface area (Å²) in [5.74, 6) is -4.38. The number of primary amides is 1. The quantitative estimate of drug-likeness (QED) is 0.175. The lowest BCUT2D eigenvalue weighted by Gasteiger charge is -2.42. The third kappa shape index (κ3) is 4.26. The Balaban J connectivity index is 2.07. The average Bonchev–Trinajstić information content (AvgIpc) is 2.55. The van der Waals surface area contributed by atoms with Gasteiger partial charge < -0.3 is 10.5 Å². The molecule has 4 N–H and O–H groups in total. The number of benzene rings is 1. The average molecular weight is 389 g/mol. The van der Waals surface area contributed by atoms with Gasteiger partial charge in [0.2, 0.25) is 0 Å². The lowest BCUT2D eigenvalue weighted by atomic mass is 9.90. The van der Waals surface area contributed by atoms with Gasteiger partial charge in [0.05, 0.1) is 0 Å². The van der Waals surface area contributed by atoms with Crippen molar-refractivity contribution >= 4 is 28.2 Å². The number of amides is 3. The molecule has 0 aromatic heterocycles. The first-order valence-corrected chi connectivity index (χ1v) is 8.45. The minimum absolute atomic E-state index is 0.0520. The van der Waals surface area contributed by atoms with Crippen LogP contribution in [0.2, 0.25) is 0 Å². The van der Waals surface area contributed by atoms with Crippen molar-refractivity contribution in [1.29, 1.82) is 0 Å². The van der Waals surface area contributed by atoms with Gasteiger partial charge in [0.25, 0.3) is 11.8 Å². The number of β-lactam (4-membered cyclic amide) rings is 1. The van der Waals surface area contributed by atoms with Crippen LogP contribution in [-0.2, 0) is 36.1 Å². The summed E-state index contributed by atoms with van der Waals surface area (Å²) in [4.78, 5) is 39.5. The second kappa shape index (κ2) is 7.65. The maximum absolute atomic E-state index is 12.1. The molecule has 2 atom stereocenters. The first-order chi connectivity index (χ1) is 12.1. The van der Waals surface area contributed by atoms with E-state index in [0.29, 0.717) is 5.56 Å². The standard InChI is InChI=1S/C13H15N3O9S/c14-13(19)24-7-9-10(11(17)15(9)26(21,22)23)12(18)16(20)25-6-8-4-2-1-3-5-8/h1-5,9-10,20H,6-7H2,(H2,14,19)(H,21,22,23)/t9-,10-/m1/s1. The van der Waals surface area contributed by atoms with Gasteiger partial charge in [-0.3, -0.25) is 19.3 Å². The molecule has 13 heteroatoms. The lowest BCUT2D eigenvalue weighted by molar-refractivity contribution is -0.325. The molecule has 0 saturated carbocycles. The van der Waals surface area contributed by atoms with Gasteiger partial charge in [-0.25, -0.2) is 13.9 Å². The Hall–Kier alpha value is -2.74. The van der Waals surface area contributed by atoms with Crippen molar-refractivity contribution in [3.8, 4) is 0 Å². The first kappa shape index (κ1) is 19.6. The highest BCUT2D eigenvalue weighted by Gasteiger charge is 2.58. The molecule has 142 valence electrons. The summed E-state index contributed by atoms with van der Waals surface area (Å²) in [7, 11) is -5.00. The minimum Gasteiger partial charge on any atom is -0.447 e. The third-order valence-corrected chi connectivity index (χ3v) is 4.41. The van der Waals surface area contributed by atoms with Crippen LogP contribution in [0.4, 0.5) is 4.79 Å². The van der Waals surface area contributed by atoms with Crippen LogP contribution in [-0.4, -0.2) is 58.3 Å². The second-order valence-corrected chi connectivity index (χ2v) is 6.45. The molecule has 1 aliphatic rings. The number of nitrogens with two attached hydrogens (primary N) is 1. The normalized spacial score (nSPS) is 19.6. The van der Waals surface area contributed by atoms with Crippen molar-refractivity contribution in [1.82, 2.24) is 9.53 Å². The van der Waals surface area contributed by atoms with Crippen molar-refractivity contribution in [2.24, 2.45) is 11.7 Å². The van der Waals surface area contributed by atoms with E-state index in [2.05, 4.69) is 4.74 Å². The zero-order valence-electron chi connectivity index (χ0n) is 13.1. The lowest BCUT2D eigenvalue weighted by Crippen LogP contribution is -2.68. The van der Waals surface area contributed by atoms with Crippen molar-refractivity contribution < 1.29 is 42.1 Å². The van der Waals surface area contributed by atoms with Crippen LogP contribution in [0, 0.1) is 5.92 Å². The van der Waals surface area contributed by atoms with E-state index in [4.69, 9.17) is 15.1 Å². The van der Waals surface area contributed by atoms with Gasteiger partial charge in [0, 0.05) is 0 Å². The summed E-state index contributed by atoms with van der Waals surface area (Å²) >= 11 is 0. The Morgan fingerprint density at radius 3 is 2.42 bits per heavy atom. The predicted molar refractivity (Wildman–Crippen MR) is 81.1 cm³/mol. The zero-order valence-corrected chi connectivity index (χ0v) is 13.9. The monoisotopic (exact) mass is 389 g/mol. The third-order valence-electron chi connectivity index (χ3n) is 3.47. The van der Waals surface area contributed by atoms with Gasteiger partial charge in [-0.05, 0) is 5.56 Å². The molecule has 1 fully saturated rings. The summed E-state index contributed by atoms with van der Waals surface area (Å²) in [6, 6.07) is 6.85. The number of carbonyl (C=O) groups excluding carboxylic acids is 3. The van der Waals surface area contributed by atoms with Crippen molar-refractivity contribution in [2.75, 3.05) is 6.61 Å². The fourth-order valence-electron chi connectivity index (χ4n) is 2.30. The molecule has 0 aliphatic carbocycles. The Labute approximate surface area is 147 Å². The molecular formula is C13H15N3O9S. The maximum Gasteiger partial charge on any atom is 0.404 e. The summed E-state index contributed by atoms with van der Waals surface area (Å²) in [5, 5.41) is 9.45. The minimum atomic E-state index is -5.00. The molecule has 2 rings (SSSR count). The fourth-order valence-corrected chi connectivity index (χ4v) is 3.16. The van der Waals surface area contributed by atoms with Crippen LogP contribution >= 0.6 is 0 Å². The van der Waals surface area contributed by atoms with Crippen molar-refractivity contribution in [3.63, 3.8) is 0 Å². The van der Waals surface area contributed by atoms with E-state index in [9.17, 15) is 28.0 Å². The number of hydrogen-bond acceptors (Lipinski definition) is 8. The van der Waals surface area contributed by atoms with Gasteiger partial charge in [-0.1, -0.05) is 35.6 Å². The number of rotatable bonds is 7. The Kier molecular flexibility index (Phi) is 5.76. The van der Waals surface area contributed by atoms with Crippen LogP contribution < -0.4 is 5.73 Å². The van der Waals surface area contributed by atoms with Crippen molar-refractivity contribution in [2.45, 2.75) is 12.6 Å². The van der Waals surface area contributed by atoms with Crippen LogP contribution in [0.1, 0.15) is 5.56 Å². The van der Waals surface area contributed by atoms with Crippen LogP contribution in [0.5, 0.6) is 0 Å². The van der Waals surface area contributed by atoms with Gasteiger partial charge in [-0.15, -0.1) is 0 Å². The van der Waals surface area contributed by atoms with Gasteiger partial charge in [-0.2, -0.15) is 8.42 Å². The summed E-state index contributed by atoms with van der Waals surface area (Å²) in [6.07, 6.45) is -1.29. The molecule has 26 heavy (non-hydrogen) atoms. The highest BCUT2D eigenvalue weighted by molar-refractivity contribution is 7.84. The molecule has 1 aliphatic heterocycles. The topological polar surface area (TPSA) is 177 Å². The van der Waals surface area contributed by atoms with E-state index in [1.807, 2.05) is 0 Å². The van der Waals surface area contributed by atoms with E-state index < -0.39 is 46.8 Å². The molecule has 0 spiro atoms. The highest BCUT2D eigenvalue weighted by atomic mass is 32.2. The molecule has 1 heterocycles. The smallest absolute Gasteiger partial charge is 0.404 e. The summed E-state index contributed by atoms with van der Waals surface area (Å²) in [5.41, 5.74) is 5.36.